The molecule has 1 heterocycles. The van der Waals surface area contributed by atoms with Crippen molar-refractivity contribution in [2.75, 3.05) is 13.2 Å². The lowest BCUT2D eigenvalue weighted by Gasteiger charge is -2.13. The Hall–Kier alpha value is -2.30. The van der Waals surface area contributed by atoms with Crippen LogP contribution in [0.5, 0.6) is 11.5 Å². The van der Waals surface area contributed by atoms with Crippen LogP contribution >= 0.6 is 0 Å². The quantitative estimate of drug-likeness (QED) is 0.727. The number of para-hydroxylation sites is 1. The van der Waals surface area contributed by atoms with Gasteiger partial charge in [0.1, 0.15) is 0 Å². The second-order valence-electron chi connectivity index (χ2n) is 4.35. The molecule has 2 rings (SSSR count). The van der Waals surface area contributed by atoms with E-state index in [-0.39, 0.29) is 0 Å². The Morgan fingerprint density at radius 2 is 2.20 bits per heavy atom. The van der Waals surface area contributed by atoms with Crippen LogP contribution in [0.25, 0.3) is 0 Å². The Morgan fingerprint density at radius 1 is 1.35 bits per heavy atom. The second kappa shape index (κ2) is 6.75. The summed E-state index contributed by atoms with van der Waals surface area (Å²) >= 11 is 0. The van der Waals surface area contributed by atoms with Crippen LogP contribution in [-0.4, -0.2) is 29.3 Å². The zero-order valence-corrected chi connectivity index (χ0v) is 11.7. The van der Waals surface area contributed by atoms with Gasteiger partial charge in [-0.1, -0.05) is 6.07 Å². The van der Waals surface area contributed by atoms with E-state index in [0.29, 0.717) is 30.3 Å². The minimum atomic E-state index is 0.469. The SMILES string of the molecule is CCOc1cccc(C=O)c1OCCc1cnn(C)c1. The molecule has 2 aromatic rings. The summed E-state index contributed by atoms with van der Waals surface area (Å²) in [6.07, 6.45) is 5.26. The van der Waals surface area contributed by atoms with Gasteiger partial charge in [0.25, 0.3) is 0 Å². The molecule has 0 N–H and O–H groups in total. The lowest BCUT2D eigenvalue weighted by Crippen LogP contribution is -2.05. The Bertz CT molecular complexity index is 578. The molecule has 0 aliphatic rings. The van der Waals surface area contributed by atoms with Crippen LogP contribution in [0.3, 0.4) is 0 Å². The number of aldehydes is 1. The first kappa shape index (κ1) is 14.1. The van der Waals surface area contributed by atoms with Crippen molar-refractivity contribution in [1.29, 1.82) is 0 Å². The van der Waals surface area contributed by atoms with Gasteiger partial charge in [-0.05, 0) is 24.6 Å². The maximum Gasteiger partial charge on any atom is 0.171 e. The highest BCUT2D eigenvalue weighted by Gasteiger charge is 2.10. The van der Waals surface area contributed by atoms with E-state index < -0.39 is 0 Å². The van der Waals surface area contributed by atoms with Gasteiger partial charge in [-0.15, -0.1) is 0 Å². The highest BCUT2D eigenvalue weighted by Crippen LogP contribution is 2.30. The number of carbonyl (C=O) groups excluding carboxylic acids is 1. The average Bonchev–Trinajstić information content (AvgIpc) is 2.86. The Kier molecular flexibility index (Phi) is 4.76. The molecule has 0 fully saturated rings. The summed E-state index contributed by atoms with van der Waals surface area (Å²) in [7, 11) is 1.87. The van der Waals surface area contributed by atoms with E-state index in [1.165, 1.54) is 0 Å². The summed E-state index contributed by atoms with van der Waals surface area (Å²) in [6, 6.07) is 5.30. The van der Waals surface area contributed by atoms with E-state index in [9.17, 15) is 4.79 Å². The fourth-order valence-corrected chi connectivity index (χ4v) is 1.92. The molecule has 0 saturated heterocycles. The first-order valence-corrected chi connectivity index (χ1v) is 6.56. The fraction of sp³-hybridized carbons (Fsp3) is 0.333. The first-order valence-electron chi connectivity index (χ1n) is 6.56. The van der Waals surface area contributed by atoms with Crippen molar-refractivity contribution in [2.45, 2.75) is 13.3 Å². The second-order valence-corrected chi connectivity index (χ2v) is 4.35. The van der Waals surface area contributed by atoms with Crippen LogP contribution in [-0.2, 0) is 13.5 Å². The van der Waals surface area contributed by atoms with Gasteiger partial charge in [-0.2, -0.15) is 5.10 Å². The standard InChI is InChI=1S/C15H18N2O3/c1-3-19-14-6-4-5-13(11-18)15(14)20-8-7-12-9-16-17(2)10-12/h4-6,9-11H,3,7-8H2,1-2H3. The molecule has 0 saturated carbocycles. The van der Waals surface area contributed by atoms with Crippen LogP contribution < -0.4 is 9.47 Å². The van der Waals surface area contributed by atoms with E-state index in [0.717, 1.165) is 18.3 Å². The molecule has 0 amide bonds. The molecule has 1 aromatic heterocycles. The summed E-state index contributed by atoms with van der Waals surface area (Å²) in [5.74, 6) is 1.11. The van der Waals surface area contributed by atoms with Crippen molar-refractivity contribution in [2.24, 2.45) is 7.05 Å². The van der Waals surface area contributed by atoms with Crippen molar-refractivity contribution < 1.29 is 14.3 Å². The van der Waals surface area contributed by atoms with Crippen LogP contribution in [0.1, 0.15) is 22.8 Å². The molecule has 0 atom stereocenters. The van der Waals surface area contributed by atoms with Gasteiger partial charge in [0, 0.05) is 19.7 Å². The minimum Gasteiger partial charge on any atom is -0.490 e. The summed E-state index contributed by atoms with van der Waals surface area (Å²) in [6.45, 7) is 2.89. The van der Waals surface area contributed by atoms with Crippen molar-refractivity contribution in [3.63, 3.8) is 0 Å². The van der Waals surface area contributed by atoms with E-state index >= 15 is 0 Å². The average molecular weight is 274 g/mol. The summed E-state index contributed by atoms with van der Waals surface area (Å²) < 4.78 is 13.0. The molecule has 20 heavy (non-hydrogen) atoms. The van der Waals surface area contributed by atoms with E-state index in [1.807, 2.05) is 20.2 Å². The molecule has 0 radical (unpaired) electrons. The third kappa shape index (κ3) is 3.38. The number of aromatic nitrogens is 2. The van der Waals surface area contributed by atoms with Gasteiger partial charge in [-0.25, -0.2) is 0 Å². The molecular weight excluding hydrogens is 256 g/mol. The number of carbonyl (C=O) groups is 1. The van der Waals surface area contributed by atoms with Crippen LogP contribution in [0.2, 0.25) is 0 Å². The Labute approximate surface area is 118 Å². The van der Waals surface area contributed by atoms with Gasteiger partial charge in [0.05, 0.1) is 25.0 Å². The summed E-state index contributed by atoms with van der Waals surface area (Å²) in [5, 5.41) is 4.10. The zero-order chi connectivity index (χ0) is 14.4. The van der Waals surface area contributed by atoms with Gasteiger partial charge < -0.3 is 9.47 Å². The maximum absolute atomic E-state index is 11.1. The van der Waals surface area contributed by atoms with Gasteiger partial charge in [0.2, 0.25) is 0 Å². The molecule has 0 spiro atoms. The van der Waals surface area contributed by atoms with Crippen molar-refractivity contribution >= 4 is 6.29 Å². The highest BCUT2D eigenvalue weighted by atomic mass is 16.5. The number of benzene rings is 1. The third-order valence-corrected chi connectivity index (χ3v) is 2.83. The monoisotopic (exact) mass is 274 g/mol. The highest BCUT2D eigenvalue weighted by molar-refractivity contribution is 5.81. The number of rotatable bonds is 7. The number of hydrogen-bond donors (Lipinski definition) is 0. The van der Waals surface area contributed by atoms with Crippen molar-refractivity contribution in [3.05, 3.63) is 41.7 Å². The predicted molar refractivity (Wildman–Crippen MR) is 75.4 cm³/mol. The zero-order valence-electron chi connectivity index (χ0n) is 11.7. The number of nitrogens with zero attached hydrogens (tertiary/aromatic N) is 2. The molecule has 0 aliphatic carbocycles. The Morgan fingerprint density at radius 3 is 2.85 bits per heavy atom. The van der Waals surface area contributed by atoms with E-state index in [1.54, 1.807) is 29.1 Å². The normalized spacial score (nSPS) is 10.3. The molecular formula is C15H18N2O3. The molecule has 0 aliphatic heterocycles. The summed E-state index contributed by atoms with van der Waals surface area (Å²) in [4.78, 5) is 11.1. The van der Waals surface area contributed by atoms with Crippen LogP contribution in [0.4, 0.5) is 0 Å². The number of hydrogen-bond acceptors (Lipinski definition) is 4. The lowest BCUT2D eigenvalue weighted by atomic mass is 10.2. The molecule has 0 bridgehead atoms. The van der Waals surface area contributed by atoms with Crippen LogP contribution in [0.15, 0.2) is 30.6 Å². The maximum atomic E-state index is 11.1. The van der Waals surface area contributed by atoms with Crippen molar-refractivity contribution in [1.82, 2.24) is 9.78 Å². The largest absolute Gasteiger partial charge is 0.490 e. The predicted octanol–water partition coefficient (Wildman–Crippen LogP) is 2.25. The third-order valence-electron chi connectivity index (χ3n) is 2.83. The summed E-state index contributed by atoms with van der Waals surface area (Å²) in [5.41, 5.74) is 1.59. The van der Waals surface area contributed by atoms with Crippen LogP contribution in [0, 0.1) is 0 Å². The number of aryl methyl sites for hydroxylation is 1. The Balaban J connectivity index is 2.05. The molecule has 5 nitrogen and oxygen atoms in total. The molecule has 0 unspecified atom stereocenters. The molecule has 5 heteroatoms. The molecule has 1 aromatic carbocycles. The number of ether oxygens (including phenoxy) is 2. The van der Waals surface area contributed by atoms with Gasteiger partial charge >= 0.3 is 0 Å². The molecule has 106 valence electrons. The minimum absolute atomic E-state index is 0.469. The van der Waals surface area contributed by atoms with E-state index in [4.69, 9.17) is 9.47 Å². The first-order chi connectivity index (χ1) is 9.74. The lowest BCUT2D eigenvalue weighted by molar-refractivity contribution is 0.111. The topological polar surface area (TPSA) is 53.4 Å². The smallest absolute Gasteiger partial charge is 0.171 e. The van der Waals surface area contributed by atoms with Crippen molar-refractivity contribution in [3.8, 4) is 11.5 Å². The van der Waals surface area contributed by atoms with Gasteiger partial charge in [0.15, 0.2) is 17.8 Å². The fourth-order valence-electron chi connectivity index (χ4n) is 1.92. The van der Waals surface area contributed by atoms with E-state index in [2.05, 4.69) is 5.10 Å². The van der Waals surface area contributed by atoms with Gasteiger partial charge in [-0.3, -0.25) is 9.48 Å².